The van der Waals surface area contributed by atoms with Crippen molar-refractivity contribution in [3.05, 3.63) is 54.3 Å². The number of para-hydroxylation sites is 2. The van der Waals surface area contributed by atoms with Crippen molar-refractivity contribution < 1.29 is 28.2 Å². The van der Waals surface area contributed by atoms with Gasteiger partial charge in [-0.05, 0) is 24.3 Å². The van der Waals surface area contributed by atoms with Crippen LogP contribution in [0.3, 0.4) is 0 Å². The van der Waals surface area contributed by atoms with E-state index >= 15 is 0 Å². The summed E-state index contributed by atoms with van der Waals surface area (Å²) in [5.41, 5.74) is 4.85. The molecular weight excluding hydrogens is 357 g/mol. The van der Waals surface area contributed by atoms with Crippen molar-refractivity contribution in [3.8, 4) is 11.5 Å². The number of anilines is 1. The molecule has 27 heavy (non-hydrogen) atoms. The monoisotopic (exact) mass is 373 g/mol. The molecule has 0 spiro atoms. The Bertz CT molecular complexity index is 874. The van der Waals surface area contributed by atoms with E-state index in [1.165, 1.54) is 23.1 Å². The first kappa shape index (κ1) is 18.2. The minimum absolute atomic E-state index is 0.169. The van der Waals surface area contributed by atoms with Gasteiger partial charge in [0.1, 0.15) is 23.9 Å². The van der Waals surface area contributed by atoms with Gasteiger partial charge in [-0.25, -0.2) is 4.39 Å². The molecule has 0 radical (unpaired) electrons. The number of hydrogen-bond acceptors (Lipinski definition) is 5. The van der Waals surface area contributed by atoms with Crippen LogP contribution in [0.15, 0.2) is 48.5 Å². The van der Waals surface area contributed by atoms with Crippen LogP contribution >= 0.6 is 0 Å². The second-order valence-electron chi connectivity index (χ2n) is 5.58. The number of fused-ring (bicyclic) bond motifs is 1. The first-order valence-electron chi connectivity index (χ1n) is 8.01. The summed E-state index contributed by atoms with van der Waals surface area (Å²) in [6.07, 6.45) is 0. The van der Waals surface area contributed by atoms with E-state index < -0.39 is 24.2 Å². The van der Waals surface area contributed by atoms with Gasteiger partial charge in [-0.1, -0.05) is 18.2 Å². The van der Waals surface area contributed by atoms with Gasteiger partial charge < -0.3 is 9.47 Å². The van der Waals surface area contributed by atoms with E-state index in [2.05, 4.69) is 10.9 Å². The number of benzene rings is 2. The topological polar surface area (TPSA) is 97.0 Å². The fourth-order valence-corrected chi connectivity index (χ4v) is 2.39. The summed E-state index contributed by atoms with van der Waals surface area (Å²) < 4.78 is 23.4. The molecule has 0 bridgehead atoms. The number of halogens is 1. The molecule has 1 heterocycles. The molecule has 0 atom stereocenters. The summed E-state index contributed by atoms with van der Waals surface area (Å²) in [7, 11) is 0. The largest absolute Gasteiger partial charge is 0.484 e. The Morgan fingerprint density at radius 3 is 2.70 bits per heavy atom. The molecule has 0 saturated heterocycles. The molecule has 1 aliphatic heterocycles. The molecule has 3 amide bonds. The van der Waals surface area contributed by atoms with Crippen LogP contribution in [0, 0.1) is 5.82 Å². The molecule has 2 aromatic rings. The van der Waals surface area contributed by atoms with Gasteiger partial charge in [0.05, 0.1) is 5.69 Å². The number of carbonyl (C=O) groups excluding carboxylic acids is 3. The molecule has 0 aromatic heterocycles. The molecule has 2 aromatic carbocycles. The van der Waals surface area contributed by atoms with E-state index in [1.54, 1.807) is 24.3 Å². The first-order chi connectivity index (χ1) is 13.0. The molecule has 2 N–H and O–H groups in total. The van der Waals surface area contributed by atoms with Gasteiger partial charge in [-0.15, -0.1) is 0 Å². The van der Waals surface area contributed by atoms with E-state index in [0.717, 1.165) is 6.07 Å². The van der Waals surface area contributed by atoms with Gasteiger partial charge in [0.2, 0.25) is 0 Å². The van der Waals surface area contributed by atoms with Gasteiger partial charge in [0.25, 0.3) is 17.7 Å². The number of nitrogens with one attached hydrogen (secondary N) is 2. The molecule has 0 aliphatic carbocycles. The quantitative estimate of drug-likeness (QED) is 0.755. The Labute approximate surface area is 153 Å². The van der Waals surface area contributed by atoms with E-state index in [4.69, 9.17) is 9.47 Å². The van der Waals surface area contributed by atoms with Gasteiger partial charge >= 0.3 is 0 Å². The fourth-order valence-electron chi connectivity index (χ4n) is 2.39. The second-order valence-corrected chi connectivity index (χ2v) is 5.58. The lowest BCUT2D eigenvalue weighted by Crippen LogP contribution is -2.50. The maximum absolute atomic E-state index is 13.0. The van der Waals surface area contributed by atoms with Crippen molar-refractivity contribution in [1.82, 2.24) is 10.9 Å². The van der Waals surface area contributed by atoms with Crippen LogP contribution < -0.4 is 25.2 Å². The Kier molecular flexibility index (Phi) is 5.50. The SMILES string of the molecule is O=C(COc1cccc(F)c1)NNC(=O)CN1C(=O)COc2ccccc21. The Morgan fingerprint density at radius 1 is 1.11 bits per heavy atom. The normalized spacial score (nSPS) is 12.6. The first-order valence-corrected chi connectivity index (χ1v) is 8.01. The number of nitrogens with zero attached hydrogens (tertiary/aromatic N) is 1. The predicted molar refractivity (Wildman–Crippen MR) is 92.5 cm³/mol. The van der Waals surface area contributed by atoms with Crippen LogP contribution in [0.4, 0.5) is 10.1 Å². The summed E-state index contributed by atoms with van der Waals surface area (Å²) in [6, 6.07) is 12.1. The predicted octanol–water partition coefficient (Wildman–Crippen LogP) is 0.777. The minimum Gasteiger partial charge on any atom is -0.484 e. The van der Waals surface area contributed by atoms with Crippen molar-refractivity contribution in [2.24, 2.45) is 0 Å². The van der Waals surface area contributed by atoms with Gasteiger partial charge in [0.15, 0.2) is 13.2 Å². The van der Waals surface area contributed by atoms with Crippen LogP contribution in [0.5, 0.6) is 11.5 Å². The van der Waals surface area contributed by atoms with Gasteiger partial charge in [0, 0.05) is 6.07 Å². The highest BCUT2D eigenvalue weighted by Gasteiger charge is 2.27. The maximum Gasteiger partial charge on any atom is 0.276 e. The van der Waals surface area contributed by atoms with E-state index in [0.29, 0.717) is 11.4 Å². The third-order valence-electron chi connectivity index (χ3n) is 3.62. The van der Waals surface area contributed by atoms with Crippen LogP contribution in [0.1, 0.15) is 0 Å². The number of rotatable bonds is 5. The highest BCUT2D eigenvalue weighted by molar-refractivity contribution is 6.02. The van der Waals surface area contributed by atoms with Gasteiger partial charge in [-0.2, -0.15) is 0 Å². The summed E-state index contributed by atoms with van der Waals surface area (Å²) in [5, 5.41) is 0. The molecule has 140 valence electrons. The highest BCUT2D eigenvalue weighted by Crippen LogP contribution is 2.31. The number of ether oxygens (including phenoxy) is 2. The van der Waals surface area contributed by atoms with Crippen molar-refractivity contribution in [3.63, 3.8) is 0 Å². The molecule has 0 fully saturated rings. The van der Waals surface area contributed by atoms with Gasteiger partial charge in [-0.3, -0.25) is 30.1 Å². The van der Waals surface area contributed by atoms with Crippen LogP contribution in [-0.4, -0.2) is 37.5 Å². The standard InChI is InChI=1S/C18H16FN3O5/c19-12-4-3-5-13(8-12)26-10-17(24)21-20-16(23)9-22-14-6-1-2-7-15(14)27-11-18(22)25/h1-8H,9-11H2,(H,20,23)(H,21,24). The fraction of sp³-hybridized carbons (Fsp3) is 0.167. The molecule has 0 saturated carbocycles. The van der Waals surface area contributed by atoms with E-state index in [9.17, 15) is 18.8 Å². The number of carbonyl (C=O) groups is 3. The minimum atomic E-state index is -0.638. The van der Waals surface area contributed by atoms with Crippen molar-refractivity contribution in [2.75, 3.05) is 24.7 Å². The van der Waals surface area contributed by atoms with Crippen LogP contribution in [-0.2, 0) is 14.4 Å². The van der Waals surface area contributed by atoms with Crippen molar-refractivity contribution >= 4 is 23.4 Å². The lowest BCUT2D eigenvalue weighted by molar-refractivity contribution is -0.130. The Balaban J connectivity index is 1.48. The Morgan fingerprint density at radius 2 is 1.89 bits per heavy atom. The van der Waals surface area contributed by atoms with Crippen molar-refractivity contribution in [2.45, 2.75) is 0 Å². The zero-order chi connectivity index (χ0) is 19.2. The molecular formula is C18H16FN3O5. The number of hydrogen-bond donors (Lipinski definition) is 2. The molecule has 8 nitrogen and oxygen atoms in total. The lowest BCUT2D eigenvalue weighted by Gasteiger charge is -2.28. The highest BCUT2D eigenvalue weighted by atomic mass is 19.1. The summed E-state index contributed by atoms with van der Waals surface area (Å²) in [4.78, 5) is 37.0. The van der Waals surface area contributed by atoms with E-state index in [1.807, 2.05) is 0 Å². The molecule has 3 rings (SSSR count). The summed E-state index contributed by atoms with van der Waals surface area (Å²) >= 11 is 0. The molecule has 1 aliphatic rings. The summed E-state index contributed by atoms with van der Waals surface area (Å²) in [6.45, 7) is -0.870. The average Bonchev–Trinajstić information content (AvgIpc) is 2.67. The maximum atomic E-state index is 13.0. The molecule has 0 unspecified atom stereocenters. The van der Waals surface area contributed by atoms with Crippen LogP contribution in [0.25, 0.3) is 0 Å². The van der Waals surface area contributed by atoms with Crippen LogP contribution in [0.2, 0.25) is 0 Å². The lowest BCUT2D eigenvalue weighted by atomic mass is 10.2. The number of hydrazine groups is 1. The zero-order valence-electron chi connectivity index (χ0n) is 14.1. The Hall–Kier alpha value is -3.62. The number of amides is 3. The smallest absolute Gasteiger partial charge is 0.276 e. The average molecular weight is 373 g/mol. The summed E-state index contributed by atoms with van der Waals surface area (Å²) in [5.74, 6) is -1.41. The third kappa shape index (κ3) is 4.72. The third-order valence-corrected chi connectivity index (χ3v) is 3.62. The second kappa shape index (κ2) is 8.17. The van der Waals surface area contributed by atoms with Crippen molar-refractivity contribution in [1.29, 1.82) is 0 Å². The zero-order valence-corrected chi connectivity index (χ0v) is 14.1. The molecule has 9 heteroatoms. The van der Waals surface area contributed by atoms with E-state index in [-0.39, 0.29) is 24.8 Å².